The van der Waals surface area contributed by atoms with E-state index in [2.05, 4.69) is 84.4 Å². The van der Waals surface area contributed by atoms with Gasteiger partial charge in [-0.2, -0.15) is 0 Å². The predicted octanol–water partition coefficient (Wildman–Crippen LogP) is 4.70. The second-order valence-electron chi connectivity index (χ2n) is 7.37. The van der Waals surface area contributed by atoms with Crippen LogP contribution < -0.4 is 5.32 Å². The van der Waals surface area contributed by atoms with Gasteiger partial charge in [0.2, 0.25) is 0 Å². The fourth-order valence-electron chi connectivity index (χ4n) is 3.71. The highest BCUT2D eigenvalue weighted by Gasteiger charge is 2.32. The summed E-state index contributed by atoms with van der Waals surface area (Å²) in [6.07, 6.45) is 5.47. The van der Waals surface area contributed by atoms with E-state index in [0.29, 0.717) is 0 Å². The molecule has 1 aliphatic rings. The van der Waals surface area contributed by atoms with E-state index >= 15 is 0 Å². The van der Waals surface area contributed by atoms with E-state index in [1.165, 1.54) is 29.5 Å². The fourth-order valence-corrected chi connectivity index (χ4v) is 3.71. The van der Waals surface area contributed by atoms with Crippen molar-refractivity contribution in [2.45, 2.75) is 44.8 Å². The van der Waals surface area contributed by atoms with Gasteiger partial charge in [-0.3, -0.25) is 4.90 Å². The van der Waals surface area contributed by atoms with Crippen molar-refractivity contribution in [3.8, 4) is 0 Å². The molecule has 0 aromatic heterocycles. The van der Waals surface area contributed by atoms with Gasteiger partial charge < -0.3 is 5.32 Å². The first-order chi connectivity index (χ1) is 12.2. The lowest BCUT2D eigenvalue weighted by Gasteiger charge is -2.42. The average molecular weight is 335 g/mol. The maximum atomic E-state index is 4.00. The fraction of sp³-hybridized carbons (Fsp3) is 0.391. The molecule has 0 unspecified atom stereocenters. The van der Waals surface area contributed by atoms with Crippen molar-refractivity contribution in [1.29, 1.82) is 0 Å². The number of aryl methyl sites for hydroxylation is 1. The Kier molecular flexibility index (Phi) is 6.06. The Morgan fingerprint density at radius 3 is 2.32 bits per heavy atom. The quantitative estimate of drug-likeness (QED) is 0.739. The van der Waals surface area contributed by atoms with E-state index < -0.39 is 0 Å². The third-order valence-corrected chi connectivity index (χ3v) is 5.39. The van der Waals surface area contributed by atoms with E-state index in [-0.39, 0.29) is 5.54 Å². The van der Waals surface area contributed by atoms with Crippen molar-refractivity contribution >= 4 is 0 Å². The molecule has 3 rings (SSSR count). The topological polar surface area (TPSA) is 15.3 Å². The molecule has 132 valence electrons. The molecule has 0 saturated carbocycles. The van der Waals surface area contributed by atoms with Gasteiger partial charge in [-0.15, -0.1) is 6.58 Å². The van der Waals surface area contributed by atoms with Crippen LogP contribution in [0.4, 0.5) is 0 Å². The summed E-state index contributed by atoms with van der Waals surface area (Å²) in [4.78, 5) is 2.57. The van der Waals surface area contributed by atoms with Crippen molar-refractivity contribution < 1.29 is 0 Å². The second kappa shape index (κ2) is 8.46. The molecule has 1 fully saturated rings. The molecule has 1 N–H and O–H groups in total. The van der Waals surface area contributed by atoms with Crippen LogP contribution in [0.25, 0.3) is 0 Å². The minimum Gasteiger partial charge on any atom is -0.307 e. The van der Waals surface area contributed by atoms with E-state index in [9.17, 15) is 0 Å². The zero-order valence-corrected chi connectivity index (χ0v) is 15.4. The number of piperidine rings is 1. The van der Waals surface area contributed by atoms with Crippen molar-refractivity contribution in [3.05, 3.63) is 83.9 Å². The number of nitrogens with one attached hydrogen (secondary N) is 1. The first-order valence-electron chi connectivity index (χ1n) is 9.37. The molecule has 1 aliphatic heterocycles. The summed E-state index contributed by atoms with van der Waals surface area (Å²) in [6, 6.07) is 19.6. The Hall–Kier alpha value is -1.90. The summed E-state index contributed by atoms with van der Waals surface area (Å²) in [5, 5.41) is 3.86. The highest BCUT2D eigenvalue weighted by Crippen LogP contribution is 2.27. The number of benzene rings is 2. The molecule has 0 radical (unpaired) electrons. The monoisotopic (exact) mass is 334 g/mol. The molecule has 0 bridgehead atoms. The molecule has 2 heteroatoms. The smallest absolute Gasteiger partial charge is 0.0243 e. The first kappa shape index (κ1) is 17.9. The van der Waals surface area contributed by atoms with Crippen molar-refractivity contribution in [2.24, 2.45) is 0 Å². The Labute approximate surface area is 152 Å². The lowest BCUT2D eigenvalue weighted by molar-refractivity contribution is 0.129. The predicted molar refractivity (Wildman–Crippen MR) is 107 cm³/mol. The zero-order chi connectivity index (χ0) is 17.5. The van der Waals surface area contributed by atoms with Gasteiger partial charge in [0.1, 0.15) is 0 Å². The van der Waals surface area contributed by atoms with Gasteiger partial charge in [0.05, 0.1) is 0 Å². The van der Waals surface area contributed by atoms with Gasteiger partial charge in [-0.25, -0.2) is 0 Å². The van der Waals surface area contributed by atoms with E-state index in [1.807, 2.05) is 0 Å². The minimum atomic E-state index is 0.194. The number of hydrogen-bond donors (Lipinski definition) is 1. The lowest BCUT2D eigenvalue weighted by Crippen LogP contribution is -2.52. The first-order valence-corrected chi connectivity index (χ1v) is 9.37. The van der Waals surface area contributed by atoms with Crippen LogP contribution >= 0.6 is 0 Å². The summed E-state index contributed by atoms with van der Waals surface area (Å²) in [7, 11) is 0. The van der Waals surface area contributed by atoms with Gasteiger partial charge in [-0.05, 0) is 37.3 Å². The van der Waals surface area contributed by atoms with Crippen molar-refractivity contribution in [3.63, 3.8) is 0 Å². The minimum absolute atomic E-state index is 0.194. The number of likely N-dealkylation sites (tertiary alicyclic amines) is 1. The Morgan fingerprint density at radius 2 is 1.68 bits per heavy atom. The molecule has 0 amide bonds. The third kappa shape index (κ3) is 5.04. The number of rotatable bonds is 7. The molecule has 2 nitrogen and oxygen atoms in total. The molecular weight excluding hydrogens is 304 g/mol. The molecule has 0 aliphatic carbocycles. The standard InChI is InChI=1S/C23H30N2/c1-3-13-23(24-18-21-11-9-20(2)10-12-21)14-16-25(17-15-23)19-22-7-5-4-6-8-22/h3-12,24H,1,13-19H2,2H3. The molecule has 25 heavy (non-hydrogen) atoms. The van der Waals surface area contributed by atoms with Crippen molar-refractivity contribution in [1.82, 2.24) is 10.2 Å². The largest absolute Gasteiger partial charge is 0.307 e. The maximum absolute atomic E-state index is 4.00. The van der Waals surface area contributed by atoms with E-state index in [1.54, 1.807) is 0 Å². The maximum Gasteiger partial charge on any atom is 0.0243 e. The van der Waals surface area contributed by atoms with E-state index in [0.717, 1.165) is 32.6 Å². The Bertz CT molecular complexity index is 652. The molecule has 0 spiro atoms. The van der Waals surface area contributed by atoms with Crippen molar-refractivity contribution in [2.75, 3.05) is 13.1 Å². The summed E-state index contributed by atoms with van der Waals surface area (Å²) < 4.78 is 0. The molecule has 1 heterocycles. The second-order valence-corrected chi connectivity index (χ2v) is 7.37. The Morgan fingerprint density at radius 1 is 1.00 bits per heavy atom. The zero-order valence-electron chi connectivity index (χ0n) is 15.4. The van der Waals surface area contributed by atoms with Gasteiger partial charge in [-0.1, -0.05) is 66.2 Å². The van der Waals surface area contributed by atoms with Crippen LogP contribution in [0.2, 0.25) is 0 Å². The van der Waals surface area contributed by atoms with E-state index in [4.69, 9.17) is 0 Å². The van der Waals surface area contributed by atoms with Crippen LogP contribution in [0.3, 0.4) is 0 Å². The van der Waals surface area contributed by atoms with Crippen LogP contribution in [-0.4, -0.2) is 23.5 Å². The third-order valence-electron chi connectivity index (χ3n) is 5.39. The molecule has 2 aromatic carbocycles. The summed E-state index contributed by atoms with van der Waals surface area (Å²) in [6.45, 7) is 10.4. The van der Waals surface area contributed by atoms with Crippen LogP contribution in [0.5, 0.6) is 0 Å². The molecule has 0 atom stereocenters. The molecule has 1 saturated heterocycles. The number of hydrogen-bond acceptors (Lipinski definition) is 2. The van der Waals surface area contributed by atoms with Gasteiger partial charge in [0.25, 0.3) is 0 Å². The summed E-state index contributed by atoms with van der Waals surface area (Å²) in [5.41, 5.74) is 4.28. The number of nitrogens with zero attached hydrogens (tertiary/aromatic N) is 1. The SMILES string of the molecule is C=CCC1(NCc2ccc(C)cc2)CCN(Cc2ccccc2)CC1. The van der Waals surface area contributed by atoms with Crippen LogP contribution in [-0.2, 0) is 13.1 Å². The normalized spacial score (nSPS) is 17.3. The highest BCUT2D eigenvalue weighted by atomic mass is 15.2. The van der Waals surface area contributed by atoms with Gasteiger partial charge >= 0.3 is 0 Å². The van der Waals surface area contributed by atoms with Crippen LogP contribution in [0, 0.1) is 6.92 Å². The highest BCUT2D eigenvalue weighted by molar-refractivity contribution is 5.21. The van der Waals surface area contributed by atoms with Gasteiger partial charge in [0, 0.05) is 31.7 Å². The lowest BCUT2D eigenvalue weighted by atomic mass is 9.84. The van der Waals surface area contributed by atoms with Crippen LogP contribution in [0.15, 0.2) is 67.3 Å². The Balaban J connectivity index is 1.56. The molecular formula is C23H30N2. The average Bonchev–Trinajstić information content (AvgIpc) is 2.64. The summed E-state index contributed by atoms with van der Waals surface area (Å²) >= 11 is 0. The molecule has 2 aromatic rings. The van der Waals surface area contributed by atoms with Gasteiger partial charge in [0.15, 0.2) is 0 Å². The van der Waals surface area contributed by atoms with Crippen LogP contribution in [0.1, 0.15) is 36.0 Å². The summed E-state index contributed by atoms with van der Waals surface area (Å²) in [5.74, 6) is 0.